The smallest absolute Gasteiger partial charge is 0.115 e. The molecule has 0 aromatic heterocycles. The summed E-state index contributed by atoms with van der Waals surface area (Å²) >= 11 is 1.87. The third kappa shape index (κ3) is 2.80. The van der Waals surface area contributed by atoms with Crippen LogP contribution in [0.2, 0.25) is 0 Å². The van der Waals surface area contributed by atoms with Gasteiger partial charge in [-0.2, -0.15) is 0 Å². The molecule has 0 radical (unpaired) electrons. The van der Waals surface area contributed by atoms with Gasteiger partial charge in [0.1, 0.15) is 5.75 Å². The Morgan fingerprint density at radius 2 is 1.75 bits per heavy atom. The number of hydrogen-bond donors (Lipinski definition) is 1. The number of aromatic hydroxyl groups is 1. The third-order valence-corrected chi connectivity index (χ3v) is 10.8. The molecule has 4 aliphatic carbocycles. The first-order valence-corrected chi connectivity index (χ1v) is 13.1. The van der Waals surface area contributed by atoms with Crippen LogP contribution in [0.25, 0.3) is 0 Å². The zero-order chi connectivity index (χ0) is 19.5. The molecule has 0 bridgehead atoms. The number of rotatable bonds is 2. The van der Waals surface area contributed by atoms with Crippen molar-refractivity contribution >= 4 is 11.8 Å². The summed E-state index contributed by atoms with van der Waals surface area (Å²) in [7, 11) is 0. The predicted octanol–water partition coefficient (Wildman–Crippen LogP) is 7.63. The van der Waals surface area contributed by atoms with Gasteiger partial charge in [-0.05, 0) is 115 Å². The molecule has 4 saturated carbocycles. The molecule has 0 aliphatic heterocycles. The number of phenolic OH excluding ortho intramolecular Hbond substituents is 1. The second-order valence-corrected chi connectivity index (χ2v) is 11.9. The minimum atomic E-state index is 0.460. The molecule has 7 atom stereocenters. The molecule has 0 saturated heterocycles. The molecule has 0 amide bonds. The highest BCUT2D eigenvalue weighted by Gasteiger charge is 2.59. The van der Waals surface area contributed by atoms with Gasteiger partial charge < -0.3 is 5.11 Å². The van der Waals surface area contributed by atoms with Gasteiger partial charge in [-0.25, -0.2) is 0 Å². The molecule has 1 aromatic rings. The van der Waals surface area contributed by atoms with Crippen LogP contribution in [0.3, 0.4) is 0 Å². The lowest BCUT2D eigenvalue weighted by atomic mass is 9.43. The summed E-state index contributed by atoms with van der Waals surface area (Å²) in [5.74, 6) is 4.71. The quantitative estimate of drug-likeness (QED) is 0.517. The van der Waals surface area contributed by atoms with Crippen LogP contribution >= 0.6 is 11.8 Å². The molecule has 1 N–H and O–H groups in total. The van der Waals surface area contributed by atoms with E-state index in [1.165, 1.54) is 74.7 Å². The highest BCUT2D eigenvalue weighted by Crippen LogP contribution is 2.69. The average Bonchev–Trinajstić information content (AvgIpc) is 3.09. The van der Waals surface area contributed by atoms with E-state index >= 15 is 0 Å². The molecular weight excluding hydrogens is 360 g/mol. The highest BCUT2D eigenvalue weighted by molar-refractivity contribution is 7.98. The summed E-state index contributed by atoms with van der Waals surface area (Å²) in [6, 6.07) is 6.18. The first-order valence-electron chi connectivity index (χ1n) is 11.8. The third-order valence-electron chi connectivity index (χ3n) is 10.0. The fourth-order valence-electron chi connectivity index (χ4n) is 8.75. The molecule has 2 unspecified atom stereocenters. The minimum absolute atomic E-state index is 0.460. The maximum Gasteiger partial charge on any atom is 0.115 e. The highest BCUT2D eigenvalue weighted by atomic mass is 32.2. The largest absolute Gasteiger partial charge is 0.508 e. The first kappa shape index (κ1) is 19.3. The Kier molecular flexibility index (Phi) is 4.81. The van der Waals surface area contributed by atoms with E-state index in [0.717, 1.165) is 23.7 Å². The summed E-state index contributed by atoms with van der Waals surface area (Å²) in [6.45, 7) is 5.30. The normalized spacial score (nSPS) is 45.2. The van der Waals surface area contributed by atoms with Crippen LogP contribution < -0.4 is 0 Å². The van der Waals surface area contributed by atoms with Crippen LogP contribution in [0.5, 0.6) is 5.75 Å². The molecule has 28 heavy (non-hydrogen) atoms. The van der Waals surface area contributed by atoms with Crippen LogP contribution in [0, 0.1) is 34.5 Å². The van der Waals surface area contributed by atoms with Crippen LogP contribution in [0.1, 0.15) is 89.5 Å². The van der Waals surface area contributed by atoms with Crippen LogP contribution in [-0.2, 0) is 0 Å². The van der Waals surface area contributed by atoms with Crippen LogP contribution in [0.15, 0.2) is 23.1 Å². The Balaban J connectivity index is 1.59. The Morgan fingerprint density at radius 3 is 2.57 bits per heavy atom. The molecule has 0 heterocycles. The number of fused-ring (bicyclic) bond motifs is 5. The first-order chi connectivity index (χ1) is 13.5. The van der Waals surface area contributed by atoms with Gasteiger partial charge in [0.25, 0.3) is 0 Å². The fourth-order valence-corrected chi connectivity index (χ4v) is 9.40. The second-order valence-electron chi connectivity index (χ2n) is 11.1. The van der Waals surface area contributed by atoms with Crippen molar-refractivity contribution in [2.75, 3.05) is 6.26 Å². The van der Waals surface area contributed by atoms with Crippen molar-refractivity contribution in [3.63, 3.8) is 0 Å². The lowest BCUT2D eigenvalue weighted by molar-refractivity contribution is -0.113. The Bertz CT molecular complexity index is 744. The van der Waals surface area contributed by atoms with Crippen LogP contribution in [-0.4, -0.2) is 11.4 Å². The SMILES string of the molecule is CSc1ccc(O)cc1C1C[C@@H]2[C@@H](CC[C@]3(C)CCC[C@@H]23)[C@@]2(C)CCCCC12. The number of benzene rings is 1. The zero-order valence-electron chi connectivity index (χ0n) is 18.0. The van der Waals surface area contributed by atoms with E-state index in [0.29, 0.717) is 22.5 Å². The van der Waals surface area contributed by atoms with E-state index in [4.69, 9.17) is 0 Å². The van der Waals surface area contributed by atoms with Crippen molar-refractivity contribution in [2.45, 2.75) is 88.9 Å². The van der Waals surface area contributed by atoms with Gasteiger partial charge >= 0.3 is 0 Å². The Labute approximate surface area is 176 Å². The van der Waals surface area contributed by atoms with Crippen LogP contribution in [0.4, 0.5) is 0 Å². The zero-order valence-corrected chi connectivity index (χ0v) is 18.9. The molecule has 1 aromatic carbocycles. The molecular formula is C26H38OS. The van der Waals surface area contributed by atoms with E-state index in [-0.39, 0.29) is 0 Å². The van der Waals surface area contributed by atoms with E-state index < -0.39 is 0 Å². The predicted molar refractivity (Wildman–Crippen MR) is 119 cm³/mol. The summed E-state index contributed by atoms with van der Waals surface area (Å²) in [4.78, 5) is 1.40. The summed E-state index contributed by atoms with van der Waals surface area (Å²) in [5, 5.41) is 10.3. The van der Waals surface area contributed by atoms with Crippen molar-refractivity contribution in [2.24, 2.45) is 34.5 Å². The van der Waals surface area contributed by atoms with E-state index in [1.807, 2.05) is 17.8 Å². The van der Waals surface area contributed by atoms with E-state index in [1.54, 1.807) is 0 Å². The maximum absolute atomic E-state index is 10.3. The Hall–Kier alpha value is -0.630. The van der Waals surface area contributed by atoms with Crippen molar-refractivity contribution in [3.05, 3.63) is 23.8 Å². The molecule has 4 fully saturated rings. The molecule has 1 nitrogen and oxygen atoms in total. The van der Waals surface area contributed by atoms with Gasteiger partial charge in [0.15, 0.2) is 0 Å². The summed E-state index contributed by atoms with van der Waals surface area (Å²) in [5.41, 5.74) is 2.59. The van der Waals surface area contributed by atoms with Gasteiger partial charge in [-0.3, -0.25) is 0 Å². The molecule has 5 rings (SSSR count). The molecule has 0 spiro atoms. The van der Waals surface area contributed by atoms with Gasteiger partial charge in [0, 0.05) is 4.90 Å². The number of phenols is 1. The van der Waals surface area contributed by atoms with Gasteiger partial charge in [-0.15, -0.1) is 11.8 Å². The number of hydrogen-bond acceptors (Lipinski definition) is 2. The summed E-state index contributed by atoms with van der Waals surface area (Å²) < 4.78 is 0. The topological polar surface area (TPSA) is 20.2 Å². The van der Waals surface area contributed by atoms with Crippen molar-refractivity contribution in [3.8, 4) is 5.75 Å². The summed E-state index contributed by atoms with van der Waals surface area (Å²) in [6.07, 6.45) is 16.6. The minimum Gasteiger partial charge on any atom is -0.508 e. The lowest BCUT2D eigenvalue weighted by Crippen LogP contribution is -2.54. The molecule has 154 valence electrons. The molecule has 2 heteroatoms. The monoisotopic (exact) mass is 398 g/mol. The Morgan fingerprint density at radius 1 is 0.929 bits per heavy atom. The van der Waals surface area contributed by atoms with Crippen molar-refractivity contribution in [1.82, 2.24) is 0 Å². The van der Waals surface area contributed by atoms with Gasteiger partial charge in [0.05, 0.1) is 0 Å². The van der Waals surface area contributed by atoms with Crippen molar-refractivity contribution in [1.29, 1.82) is 0 Å². The van der Waals surface area contributed by atoms with Gasteiger partial charge in [0.2, 0.25) is 0 Å². The van der Waals surface area contributed by atoms with Crippen molar-refractivity contribution < 1.29 is 5.11 Å². The average molecular weight is 399 g/mol. The van der Waals surface area contributed by atoms with Gasteiger partial charge in [-0.1, -0.05) is 33.1 Å². The lowest BCUT2D eigenvalue weighted by Gasteiger charge is -2.62. The van der Waals surface area contributed by atoms with E-state index in [9.17, 15) is 5.11 Å². The standard InChI is InChI=1S/C26H38OS/c1-25-12-6-8-21(25)20-16-18(19-15-17(27)9-10-24(19)28-3)22-7-4-5-13-26(22,2)23(20)11-14-25/h9-10,15,18,20-23,27H,4-8,11-14,16H2,1-3H3/t18?,20-,21-,22?,23+,25-,26-/m0/s1. The fraction of sp³-hybridized carbons (Fsp3) is 0.769. The molecule has 4 aliphatic rings. The second kappa shape index (κ2) is 6.96. The van der Waals surface area contributed by atoms with E-state index in [2.05, 4.69) is 32.2 Å². The number of thioether (sulfide) groups is 1. The maximum atomic E-state index is 10.3.